The van der Waals surface area contributed by atoms with Gasteiger partial charge in [-0.2, -0.15) is 0 Å². The number of hydrogen-bond acceptors (Lipinski definition) is 5. The van der Waals surface area contributed by atoms with Crippen molar-refractivity contribution in [3.63, 3.8) is 0 Å². The van der Waals surface area contributed by atoms with E-state index in [1.807, 2.05) is 43.3 Å². The highest BCUT2D eigenvalue weighted by Crippen LogP contribution is 2.43. The zero-order valence-corrected chi connectivity index (χ0v) is 16.8. The van der Waals surface area contributed by atoms with E-state index in [-0.39, 0.29) is 17.4 Å². The van der Waals surface area contributed by atoms with Crippen molar-refractivity contribution in [3.8, 4) is 0 Å². The molecule has 0 radical (unpaired) electrons. The average Bonchev–Trinajstić information content (AvgIpc) is 3.36. The van der Waals surface area contributed by atoms with E-state index < -0.39 is 23.5 Å². The summed E-state index contributed by atoms with van der Waals surface area (Å²) in [6.45, 7) is 0. The summed E-state index contributed by atoms with van der Waals surface area (Å²) in [5.41, 5.74) is 1.94. The smallest absolute Gasteiger partial charge is 0.290 e. The van der Waals surface area contributed by atoms with Gasteiger partial charge in [-0.1, -0.05) is 31.4 Å². The number of aliphatic hydroxyl groups excluding tert-OH is 1. The maximum absolute atomic E-state index is 13.2. The molecular weight excluding hydrogens is 368 g/mol. The molecular formula is C23H26N2O4. The van der Waals surface area contributed by atoms with Crippen molar-refractivity contribution in [2.45, 2.75) is 44.2 Å². The summed E-state index contributed by atoms with van der Waals surface area (Å²) >= 11 is 0. The fourth-order valence-electron chi connectivity index (χ4n) is 4.41. The first kappa shape index (κ1) is 19.3. The predicted molar refractivity (Wildman–Crippen MR) is 110 cm³/mol. The molecule has 1 N–H and O–H groups in total. The molecule has 0 saturated heterocycles. The van der Waals surface area contributed by atoms with Crippen molar-refractivity contribution in [2.75, 3.05) is 19.0 Å². The number of furan rings is 1. The van der Waals surface area contributed by atoms with E-state index in [0.29, 0.717) is 0 Å². The Bertz CT molecular complexity index is 922. The Morgan fingerprint density at radius 3 is 2.38 bits per heavy atom. The number of anilines is 1. The van der Waals surface area contributed by atoms with Crippen LogP contribution < -0.4 is 4.90 Å². The number of nitrogens with zero attached hydrogens (tertiary/aromatic N) is 2. The molecule has 1 amide bonds. The third-order valence-electron chi connectivity index (χ3n) is 5.93. The SMILES string of the molecule is CN(C)c1ccc(C2C(C(=O)c3ccco3)=C(O)C(=O)N2C2CCCCC2)cc1. The van der Waals surface area contributed by atoms with Crippen molar-refractivity contribution in [1.29, 1.82) is 0 Å². The Balaban J connectivity index is 1.78. The van der Waals surface area contributed by atoms with Crippen LogP contribution in [0.25, 0.3) is 0 Å². The lowest BCUT2D eigenvalue weighted by molar-refractivity contribution is -0.132. The predicted octanol–water partition coefficient (Wildman–Crippen LogP) is 4.26. The highest BCUT2D eigenvalue weighted by molar-refractivity contribution is 6.15. The number of benzene rings is 1. The number of hydrogen-bond donors (Lipinski definition) is 1. The van der Waals surface area contributed by atoms with Gasteiger partial charge in [-0.3, -0.25) is 9.59 Å². The molecule has 6 heteroatoms. The van der Waals surface area contributed by atoms with Gasteiger partial charge in [0, 0.05) is 25.8 Å². The van der Waals surface area contributed by atoms with E-state index in [1.165, 1.54) is 6.26 Å². The van der Waals surface area contributed by atoms with E-state index in [2.05, 4.69) is 0 Å². The monoisotopic (exact) mass is 394 g/mol. The molecule has 4 rings (SSSR count). The second-order valence-electron chi connectivity index (χ2n) is 7.96. The van der Waals surface area contributed by atoms with Gasteiger partial charge in [0.1, 0.15) is 0 Å². The first-order chi connectivity index (χ1) is 14.0. The summed E-state index contributed by atoms with van der Waals surface area (Å²) in [5.74, 6) is -1.24. The van der Waals surface area contributed by atoms with Crippen molar-refractivity contribution < 1.29 is 19.1 Å². The van der Waals surface area contributed by atoms with E-state index >= 15 is 0 Å². The molecule has 1 saturated carbocycles. The standard InChI is InChI=1S/C23H26N2O4/c1-24(2)16-12-10-15(11-13-16)20-19(21(26)18-9-6-14-29-18)22(27)23(28)25(20)17-7-4-3-5-8-17/h6,9-14,17,20,27H,3-5,7-8H2,1-2H3. The molecule has 1 aromatic heterocycles. The van der Waals surface area contributed by atoms with Crippen LogP contribution in [-0.4, -0.2) is 41.8 Å². The summed E-state index contributed by atoms with van der Waals surface area (Å²) in [6, 6.07) is 10.4. The van der Waals surface area contributed by atoms with Crippen LogP contribution in [0.15, 0.2) is 58.4 Å². The Kier molecular flexibility index (Phi) is 5.18. The fraction of sp³-hybridized carbons (Fsp3) is 0.391. The molecule has 2 aromatic rings. The summed E-state index contributed by atoms with van der Waals surface area (Å²) in [4.78, 5) is 29.9. The van der Waals surface area contributed by atoms with E-state index in [4.69, 9.17) is 4.42 Å². The summed E-state index contributed by atoms with van der Waals surface area (Å²) < 4.78 is 5.28. The molecule has 1 atom stereocenters. The van der Waals surface area contributed by atoms with Gasteiger partial charge in [0.25, 0.3) is 5.91 Å². The maximum atomic E-state index is 13.2. The van der Waals surface area contributed by atoms with Crippen molar-refractivity contribution >= 4 is 17.4 Å². The minimum atomic E-state index is -0.612. The van der Waals surface area contributed by atoms with Gasteiger partial charge in [0.15, 0.2) is 11.5 Å². The van der Waals surface area contributed by atoms with Crippen LogP contribution in [0.3, 0.4) is 0 Å². The molecule has 0 spiro atoms. The number of carbonyl (C=O) groups excluding carboxylic acids is 2. The number of carbonyl (C=O) groups is 2. The molecule has 1 aromatic carbocycles. The van der Waals surface area contributed by atoms with Crippen molar-refractivity contribution in [2.24, 2.45) is 0 Å². The zero-order valence-electron chi connectivity index (χ0n) is 16.8. The molecule has 2 aliphatic rings. The Morgan fingerprint density at radius 2 is 1.79 bits per heavy atom. The van der Waals surface area contributed by atoms with Crippen LogP contribution in [-0.2, 0) is 4.79 Å². The molecule has 1 fully saturated rings. The summed E-state index contributed by atoms with van der Waals surface area (Å²) in [6.07, 6.45) is 6.42. The van der Waals surface area contributed by atoms with Crippen LogP contribution in [0.4, 0.5) is 5.69 Å². The largest absolute Gasteiger partial charge is 0.503 e. The van der Waals surface area contributed by atoms with E-state index in [1.54, 1.807) is 17.0 Å². The van der Waals surface area contributed by atoms with Gasteiger partial charge in [-0.15, -0.1) is 0 Å². The number of ketones is 1. The van der Waals surface area contributed by atoms with Crippen molar-refractivity contribution in [1.82, 2.24) is 4.90 Å². The quantitative estimate of drug-likeness (QED) is 0.767. The second-order valence-corrected chi connectivity index (χ2v) is 7.96. The maximum Gasteiger partial charge on any atom is 0.290 e. The molecule has 2 heterocycles. The lowest BCUT2D eigenvalue weighted by Crippen LogP contribution is -2.41. The van der Waals surface area contributed by atoms with Gasteiger partial charge in [0.05, 0.1) is 17.9 Å². The van der Waals surface area contributed by atoms with Crippen LogP contribution in [0, 0.1) is 0 Å². The lowest BCUT2D eigenvalue weighted by Gasteiger charge is -2.36. The molecule has 0 bridgehead atoms. The zero-order chi connectivity index (χ0) is 20.5. The van der Waals surface area contributed by atoms with Crippen LogP contribution >= 0.6 is 0 Å². The van der Waals surface area contributed by atoms with Gasteiger partial charge in [-0.25, -0.2) is 0 Å². The van der Waals surface area contributed by atoms with E-state index in [0.717, 1.165) is 43.4 Å². The van der Waals surface area contributed by atoms with Gasteiger partial charge < -0.3 is 19.3 Å². The molecule has 1 unspecified atom stereocenters. The highest BCUT2D eigenvalue weighted by atomic mass is 16.3. The summed E-state index contributed by atoms with van der Waals surface area (Å²) in [7, 11) is 3.92. The minimum absolute atomic E-state index is 0.0128. The normalized spacial score (nSPS) is 20.4. The lowest BCUT2D eigenvalue weighted by atomic mass is 9.90. The Labute approximate surface area is 170 Å². The van der Waals surface area contributed by atoms with Gasteiger partial charge in [-0.05, 0) is 42.7 Å². The first-order valence-corrected chi connectivity index (χ1v) is 10.1. The van der Waals surface area contributed by atoms with Crippen LogP contribution in [0.5, 0.6) is 0 Å². The topological polar surface area (TPSA) is 74.0 Å². The molecule has 1 aliphatic carbocycles. The number of Topliss-reactive ketones (excluding diaryl/α,β-unsaturated/α-hetero) is 1. The molecule has 1 aliphatic heterocycles. The second kappa shape index (κ2) is 7.78. The van der Waals surface area contributed by atoms with Gasteiger partial charge >= 0.3 is 0 Å². The average molecular weight is 394 g/mol. The molecule has 6 nitrogen and oxygen atoms in total. The third kappa shape index (κ3) is 3.43. The van der Waals surface area contributed by atoms with Crippen molar-refractivity contribution in [3.05, 3.63) is 65.3 Å². The Morgan fingerprint density at radius 1 is 1.10 bits per heavy atom. The summed E-state index contributed by atoms with van der Waals surface area (Å²) in [5, 5.41) is 10.7. The fourth-order valence-corrected chi connectivity index (χ4v) is 4.41. The number of amides is 1. The van der Waals surface area contributed by atoms with E-state index in [9.17, 15) is 14.7 Å². The minimum Gasteiger partial charge on any atom is -0.503 e. The third-order valence-corrected chi connectivity index (χ3v) is 5.93. The van der Waals surface area contributed by atoms with Crippen LogP contribution in [0.2, 0.25) is 0 Å². The van der Waals surface area contributed by atoms with Gasteiger partial charge in [0.2, 0.25) is 5.78 Å². The first-order valence-electron chi connectivity index (χ1n) is 10.1. The highest BCUT2D eigenvalue weighted by Gasteiger charge is 2.47. The Hall–Kier alpha value is -3.02. The molecule has 152 valence electrons. The number of aliphatic hydroxyl groups is 1. The number of rotatable bonds is 5. The van der Waals surface area contributed by atoms with Crippen LogP contribution in [0.1, 0.15) is 54.3 Å². The molecule has 29 heavy (non-hydrogen) atoms.